The van der Waals surface area contributed by atoms with Crippen LogP contribution in [0, 0.1) is 6.92 Å². The van der Waals surface area contributed by atoms with Crippen LogP contribution in [-0.4, -0.2) is 11.0 Å². The van der Waals surface area contributed by atoms with Crippen LogP contribution in [0.1, 0.15) is 11.1 Å². The number of aryl methyl sites for hydroxylation is 1. The summed E-state index contributed by atoms with van der Waals surface area (Å²) in [5, 5.41) is 10.6. The molecule has 0 aliphatic heterocycles. The Labute approximate surface area is 103 Å². The summed E-state index contributed by atoms with van der Waals surface area (Å²) < 4.78 is 5.14. The van der Waals surface area contributed by atoms with Gasteiger partial charge in [-0.15, -0.1) is 11.6 Å². The number of benzene rings is 1. The smallest absolute Gasteiger partial charge is 0.336 e. The summed E-state index contributed by atoms with van der Waals surface area (Å²) >= 11 is 5.56. The van der Waals surface area contributed by atoms with Crippen molar-refractivity contribution in [3.8, 4) is 5.75 Å². The molecule has 1 heterocycles. The van der Waals surface area contributed by atoms with Gasteiger partial charge in [-0.2, -0.15) is 0 Å². The predicted molar refractivity (Wildman–Crippen MR) is 68.6 cm³/mol. The first-order valence-corrected chi connectivity index (χ1v) is 5.66. The van der Waals surface area contributed by atoms with E-state index in [9.17, 15) is 9.90 Å². The Morgan fingerprint density at radius 1 is 1.47 bits per heavy atom. The molecule has 2 rings (SSSR count). The highest BCUT2D eigenvalue weighted by atomic mass is 35.5. The van der Waals surface area contributed by atoms with Crippen molar-refractivity contribution in [3.05, 3.63) is 45.8 Å². The Morgan fingerprint density at radius 2 is 2.24 bits per heavy atom. The highest BCUT2D eigenvalue weighted by Crippen LogP contribution is 2.29. The van der Waals surface area contributed by atoms with Gasteiger partial charge < -0.3 is 9.52 Å². The maximum Gasteiger partial charge on any atom is 0.336 e. The molecule has 4 heteroatoms. The first-order chi connectivity index (χ1) is 8.13. The van der Waals surface area contributed by atoms with Gasteiger partial charge in [0.15, 0.2) is 0 Å². The zero-order valence-corrected chi connectivity index (χ0v) is 9.99. The van der Waals surface area contributed by atoms with Crippen LogP contribution >= 0.6 is 11.6 Å². The van der Waals surface area contributed by atoms with Gasteiger partial charge >= 0.3 is 5.63 Å². The van der Waals surface area contributed by atoms with Crippen LogP contribution in [0.15, 0.2) is 33.5 Å². The number of rotatable bonds is 2. The van der Waals surface area contributed by atoms with Crippen LogP contribution < -0.4 is 5.63 Å². The maximum absolute atomic E-state index is 11.3. The van der Waals surface area contributed by atoms with E-state index in [2.05, 4.69) is 0 Å². The van der Waals surface area contributed by atoms with Crippen molar-refractivity contribution in [1.29, 1.82) is 0 Å². The first-order valence-electron chi connectivity index (χ1n) is 5.12. The van der Waals surface area contributed by atoms with Crippen molar-refractivity contribution in [2.24, 2.45) is 0 Å². The molecule has 1 aromatic heterocycles. The fourth-order valence-corrected chi connectivity index (χ4v) is 1.81. The highest BCUT2D eigenvalue weighted by molar-refractivity contribution is 6.19. The molecule has 2 aromatic rings. The summed E-state index contributed by atoms with van der Waals surface area (Å²) in [6.45, 7) is 1.82. The van der Waals surface area contributed by atoms with E-state index in [-0.39, 0.29) is 5.75 Å². The standard InChI is InChI=1S/C13H11ClO3/c1-8-7-12(16)17-13-9(8)4-5-11(15)10(13)3-2-6-14/h2-5,7,15H,6H2,1H3. The largest absolute Gasteiger partial charge is 0.507 e. The van der Waals surface area contributed by atoms with Crippen molar-refractivity contribution in [3.63, 3.8) is 0 Å². The molecule has 1 N–H and O–H groups in total. The summed E-state index contributed by atoms with van der Waals surface area (Å²) in [5.41, 5.74) is 1.25. The third-order valence-electron chi connectivity index (χ3n) is 2.51. The van der Waals surface area contributed by atoms with Crippen molar-refractivity contribution in [2.75, 3.05) is 5.88 Å². The van der Waals surface area contributed by atoms with Gasteiger partial charge in [-0.05, 0) is 24.6 Å². The molecule has 0 amide bonds. The van der Waals surface area contributed by atoms with Gasteiger partial charge in [0.25, 0.3) is 0 Å². The molecule has 88 valence electrons. The van der Waals surface area contributed by atoms with Gasteiger partial charge in [0.05, 0.1) is 5.56 Å². The predicted octanol–water partition coefficient (Wildman–Crippen LogP) is 3.06. The topological polar surface area (TPSA) is 50.4 Å². The number of alkyl halides is 1. The van der Waals surface area contributed by atoms with Gasteiger partial charge in [-0.25, -0.2) is 4.79 Å². The second-order valence-electron chi connectivity index (χ2n) is 3.68. The zero-order chi connectivity index (χ0) is 12.4. The maximum atomic E-state index is 11.3. The van der Waals surface area contributed by atoms with Crippen LogP contribution in [0.4, 0.5) is 0 Å². The number of phenols is 1. The minimum atomic E-state index is -0.430. The number of hydrogen-bond donors (Lipinski definition) is 1. The van der Waals surface area contributed by atoms with E-state index in [0.29, 0.717) is 17.0 Å². The second-order valence-corrected chi connectivity index (χ2v) is 3.99. The van der Waals surface area contributed by atoms with Gasteiger partial charge in [0, 0.05) is 17.3 Å². The third kappa shape index (κ3) is 2.19. The normalized spacial score (nSPS) is 11.4. The molecule has 0 spiro atoms. The molecule has 0 unspecified atom stereocenters. The molecular formula is C13H11ClO3. The second kappa shape index (κ2) is 4.63. The van der Waals surface area contributed by atoms with Crippen LogP contribution in [0.25, 0.3) is 17.0 Å². The lowest BCUT2D eigenvalue weighted by Crippen LogP contribution is -1.98. The van der Waals surface area contributed by atoms with Crippen LogP contribution in [0.2, 0.25) is 0 Å². The molecule has 0 saturated heterocycles. The Hall–Kier alpha value is -1.74. The zero-order valence-electron chi connectivity index (χ0n) is 9.24. The summed E-state index contributed by atoms with van der Waals surface area (Å²) in [7, 11) is 0. The van der Waals surface area contributed by atoms with Crippen molar-refractivity contribution in [2.45, 2.75) is 6.92 Å². The van der Waals surface area contributed by atoms with E-state index >= 15 is 0 Å². The minimum Gasteiger partial charge on any atom is -0.507 e. The van der Waals surface area contributed by atoms with Crippen LogP contribution in [0.5, 0.6) is 5.75 Å². The number of halogens is 1. The van der Waals surface area contributed by atoms with Crippen molar-refractivity contribution >= 4 is 28.6 Å². The molecule has 0 bridgehead atoms. The molecule has 0 aliphatic carbocycles. The first kappa shape index (κ1) is 11.7. The fourth-order valence-electron chi connectivity index (χ4n) is 1.72. The molecule has 17 heavy (non-hydrogen) atoms. The van der Waals surface area contributed by atoms with E-state index < -0.39 is 5.63 Å². The number of allylic oxidation sites excluding steroid dienone is 1. The van der Waals surface area contributed by atoms with E-state index in [1.807, 2.05) is 6.92 Å². The van der Waals surface area contributed by atoms with Crippen molar-refractivity contribution < 1.29 is 9.52 Å². The Bertz CT molecular complexity index is 641. The molecule has 3 nitrogen and oxygen atoms in total. The van der Waals surface area contributed by atoms with E-state index in [1.54, 1.807) is 24.3 Å². The molecule has 0 atom stereocenters. The Morgan fingerprint density at radius 3 is 2.94 bits per heavy atom. The number of fused-ring (bicyclic) bond motifs is 1. The Kier molecular flexibility index (Phi) is 3.20. The monoisotopic (exact) mass is 250 g/mol. The molecule has 0 fully saturated rings. The Balaban J connectivity index is 2.84. The number of aromatic hydroxyl groups is 1. The average molecular weight is 251 g/mol. The van der Waals surface area contributed by atoms with E-state index in [1.165, 1.54) is 6.07 Å². The lowest BCUT2D eigenvalue weighted by atomic mass is 10.1. The lowest BCUT2D eigenvalue weighted by molar-refractivity contribution is 0.471. The average Bonchev–Trinajstić information content (AvgIpc) is 2.27. The summed E-state index contributed by atoms with van der Waals surface area (Å²) in [6, 6.07) is 4.72. The van der Waals surface area contributed by atoms with Crippen LogP contribution in [0.3, 0.4) is 0 Å². The highest BCUT2D eigenvalue weighted by Gasteiger charge is 2.09. The summed E-state index contributed by atoms with van der Waals surface area (Å²) in [4.78, 5) is 11.3. The molecule has 0 saturated carbocycles. The summed E-state index contributed by atoms with van der Waals surface area (Å²) in [5.74, 6) is 0.388. The molecular weight excluding hydrogens is 240 g/mol. The molecule has 0 radical (unpaired) electrons. The van der Waals surface area contributed by atoms with Gasteiger partial charge in [-0.1, -0.05) is 12.2 Å². The fraction of sp³-hybridized carbons (Fsp3) is 0.154. The van der Waals surface area contributed by atoms with Crippen LogP contribution in [-0.2, 0) is 0 Å². The number of phenolic OH excluding ortho intramolecular Hbond substituents is 1. The lowest BCUT2D eigenvalue weighted by Gasteiger charge is -2.05. The van der Waals surface area contributed by atoms with E-state index in [4.69, 9.17) is 16.0 Å². The van der Waals surface area contributed by atoms with Gasteiger partial charge in [0.1, 0.15) is 11.3 Å². The number of hydrogen-bond acceptors (Lipinski definition) is 3. The van der Waals surface area contributed by atoms with E-state index in [0.717, 1.165) is 10.9 Å². The third-order valence-corrected chi connectivity index (χ3v) is 2.69. The SMILES string of the molecule is Cc1cc(=O)oc2c(C=CCCl)c(O)ccc12. The quantitative estimate of drug-likeness (QED) is 0.658. The van der Waals surface area contributed by atoms with Gasteiger partial charge in [0.2, 0.25) is 0 Å². The molecule has 0 aliphatic rings. The van der Waals surface area contributed by atoms with Crippen molar-refractivity contribution in [1.82, 2.24) is 0 Å². The summed E-state index contributed by atoms with van der Waals surface area (Å²) in [6.07, 6.45) is 3.32. The molecule has 1 aromatic carbocycles. The minimum absolute atomic E-state index is 0.0626. The van der Waals surface area contributed by atoms with Gasteiger partial charge in [-0.3, -0.25) is 0 Å².